The third kappa shape index (κ3) is 1.75. The summed E-state index contributed by atoms with van der Waals surface area (Å²) in [7, 11) is 0. The first kappa shape index (κ1) is 8.37. The van der Waals surface area contributed by atoms with E-state index in [9.17, 15) is 4.79 Å². The summed E-state index contributed by atoms with van der Waals surface area (Å²) in [6.45, 7) is 3.69. The highest BCUT2D eigenvalue weighted by Gasteiger charge is 2.21. The fourth-order valence-electron chi connectivity index (χ4n) is 1.45. The summed E-state index contributed by atoms with van der Waals surface area (Å²) in [5, 5.41) is 3.22. The number of rotatable bonds is 0. The van der Waals surface area contributed by atoms with Crippen molar-refractivity contribution in [3.63, 3.8) is 0 Å². The Morgan fingerprint density at radius 1 is 1.38 bits per heavy atom. The number of amidine groups is 1. The smallest absolute Gasteiger partial charge is 0.219 e. The summed E-state index contributed by atoms with van der Waals surface area (Å²) in [4.78, 5) is 20.9. The first-order valence-corrected chi connectivity index (χ1v) is 4.36. The maximum Gasteiger partial charge on any atom is 0.219 e. The van der Waals surface area contributed by atoms with E-state index >= 15 is 0 Å². The molecule has 69 valence electrons. The van der Waals surface area contributed by atoms with E-state index in [1.54, 1.807) is 0 Å². The molecule has 0 aromatic heterocycles. The van der Waals surface area contributed by atoms with E-state index in [0.29, 0.717) is 5.84 Å². The lowest BCUT2D eigenvalue weighted by molar-refractivity contribution is -0.112. The number of piperazine rings is 1. The summed E-state index contributed by atoms with van der Waals surface area (Å²) in [6, 6.07) is 0. The molecule has 5 heteroatoms. The molecule has 13 heavy (non-hydrogen) atoms. The van der Waals surface area contributed by atoms with E-state index in [1.807, 2.05) is 4.90 Å². The Morgan fingerprint density at radius 3 is 2.85 bits per heavy atom. The minimum Gasteiger partial charge on any atom is -0.351 e. The zero-order valence-electron chi connectivity index (χ0n) is 7.29. The lowest BCUT2D eigenvalue weighted by atomic mass is 10.2. The first-order valence-electron chi connectivity index (χ1n) is 4.36. The summed E-state index contributed by atoms with van der Waals surface area (Å²) in [6.07, 6.45) is 2.49. The topological polar surface area (TPSA) is 57.1 Å². The molecule has 1 fully saturated rings. The summed E-state index contributed by atoms with van der Waals surface area (Å²) in [5.74, 6) is 0.525. The van der Waals surface area contributed by atoms with E-state index in [0.717, 1.165) is 26.2 Å². The van der Waals surface area contributed by atoms with Crippen molar-refractivity contribution < 1.29 is 4.79 Å². The predicted octanol–water partition coefficient (Wildman–Crippen LogP) is -1.22. The Bertz CT molecular complexity index is 265. The summed E-state index contributed by atoms with van der Waals surface area (Å²) >= 11 is 0. The molecule has 1 N–H and O–H groups in total. The molecule has 0 saturated carbocycles. The minimum absolute atomic E-state index is 0.000602. The van der Waals surface area contributed by atoms with Gasteiger partial charge in [0.1, 0.15) is 6.54 Å². The minimum atomic E-state index is 0.000602. The fourth-order valence-corrected chi connectivity index (χ4v) is 1.45. The average molecular weight is 179 g/mol. The normalized spacial score (nSPS) is 23.2. The molecule has 0 aliphatic carbocycles. The Labute approximate surface area is 76.5 Å². The number of aliphatic imine (C=N–C) groups is 2. The van der Waals surface area contributed by atoms with Gasteiger partial charge in [0.05, 0.1) is 0 Å². The number of carbonyl (C=O) groups is 1. The van der Waals surface area contributed by atoms with E-state index in [2.05, 4.69) is 21.6 Å². The molecule has 1 radical (unpaired) electrons. The van der Waals surface area contributed by atoms with Gasteiger partial charge in [0.15, 0.2) is 12.2 Å². The largest absolute Gasteiger partial charge is 0.351 e. The third-order valence-corrected chi connectivity index (χ3v) is 2.12. The molecule has 0 atom stereocenters. The number of hydrogen-bond acceptors (Lipinski definition) is 5. The molecule has 2 rings (SSSR count). The zero-order valence-corrected chi connectivity index (χ0v) is 7.29. The molecule has 0 bridgehead atoms. The second-order valence-corrected chi connectivity index (χ2v) is 3.01. The summed E-state index contributed by atoms with van der Waals surface area (Å²) < 4.78 is 0. The third-order valence-electron chi connectivity index (χ3n) is 2.12. The Morgan fingerprint density at radius 2 is 2.15 bits per heavy atom. The van der Waals surface area contributed by atoms with Crippen molar-refractivity contribution in [2.45, 2.75) is 0 Å². The lowest BCUT2D eigenvalue weighted by Crippen LogP contribution is -2.49. The molecular formula is C8H11N4O. The monoisotopic (exact) mass is 179 g/mol. The number of carbonyl (C=O) groups excluding carboxylic acids is 1. The molecule has 2 aliphatic heterocycles. The number of nitrogens with zero attached hydrogens (tertiary/aromatic N) is 3. The maximum atomic E-state index is 11.4. The SMILES string of the molecule is O=C1CN=[C]N=C1N1CCNCC1. The van der Waals surface area contributed by atoms with Gasteiger partial charge in [0.2, 0.25) is 5.78 Å². The van der Waals surface area contributed by atoms with Crippen LogP contribution in [0.5, 0.6) is 0 Å². The van der Waals surface area contributed by atoms with Gasteiger partial charge in [-0.1, -0.05) is 0 Å². The van der Waals surface area contributed by atoms with Crippen LogP contribution >= 0.6 is 0 Å². The molecule has 0 aromatic carbocycles. The van der Waals surface area contributed by atoms with Crippen LogP contribution in [0.1, 0.15) is 0 Å². The fraction of sp³-hybridized carbons (Fsp3) is 0.625. The number of Topliss-reactive ketones (excluding diaryl/α,β-unsaturated/α-hetero) is 1. The lowest BCUT2D eigenvalue weighted by Gasteiger charge is -2.29. The zero-order chi connectivity index (χ0) is 9.10. The van der Waals surface area contributed by atoms with Crippen LogP contribution in [0.4, 0.5) is 0 Å². The highest BCUT2D eigenvalue weighted by Crippen LogP contribution is 1.99. The van der Waals surface area contributed by atoms with Crippen molar-refractivity contribution in [1.29, 1.82) is 0 Å². The molecule has 0 unspecified atom stereocenters. The number of ketones is 1. The average Bonchev–Trinajstić information content (AvgIpc) is 2.20. The molecule has 0 spiro atoms. The van der Waals surface area contributed by atoms with Gasteiger partial charge in [-0.2, -0.15) is 0 Å². The van der Waals surface area contributed by atoms with Crippen molar-refractivity contribution in [3.05, 3.63) is 0 Å². The molecular weight excluding hydrogens is 168 g/mol. The Kier molecular flexibility index (Phi) is 2.35. The van der Waals surface area contributed by atoms with Crippen LogP contribution in [0.25, 0.3) is 0 Å². The second kappa shape index (κ2) is 3.66. The highest BCUT2D eigenvalue weighted by molar-refractivity contribution is 6.41. The molecule has 2 heterocycles. The summed E-state index contributed by atoms with van der Waals surface area (Å²) in [5.41, 5.74) is 0. The van der Waals surface area contributed by atoms with Crippen LogP contribution in [0, 0.1) is 0 Å². The van der Waals surface area contributed by atoms with Gasteiger partial charge >= 0.3 is 0 Å². The molecule has 5 nitrogen and oxygen atoms in total. The van der Waals surface area contributed by atoms with E-state index in [-0.39, 0.29) is 12.3 Å². The molecule has 0 aromatic rings. The Hall–Kier alpha value is -1.23. The van der Waals surface area contributed by atoms with Crippen LogP contribution in [0.3, 0.4) is 0 Å². The van der Waals surface area contributed by atoms with Gasteiger partial charge in [-0.3, -0.25) is 9.79 Å². The van der Waals surface area contributed by atoms with Gasteiger partial charge in [-0.05, 0) is 0 Å². The molecule has 0 amide bonds. The standard InChI is InChI=1S/C8H11N4O/c13-7-5-10-6-11-8(7)12-3-1-9-2-4-12/h9H,1-5H2. The van der Waals surface area contributed by atoms with E-state index in [4.69, 9.17) is 0 Å². The highest BCUT2D eigenvalue weighted by atomic mass is 16.1. The van der Waals surface area contributed by atoms with Crippen molar-refractivity contribution in [3.8, 4) is 0 Å². The molecule has 1 saturated heterocycles. The first-order chi connectivity index (χ1) is 6.38. The van der Waals surface area contributed by atoms with Gasteiger partial charge < -0.3 is 10.2 Å². The van der Waals surface area contributed by atoms with E-state index in [1.165, 1.54) is 0 Å². The van der Waals surface area contributed by atoms with Crippen molar-refractivity contribution in [1.82, 2.24) is 10.2 Å². The van der Waals surface area contributed by atoms with Crippen LogP contribution in [-0.2, 0) is 4.79 Å². The van der Waals surface area contributed by atoms with Crippen molar-refractivity contribution >= 4 is 18.0 Å². The van der Waals surface area contributed by atoms with Crippen molar-refractivity contribution in [2.75, 3.05) is 32.7 Å². The maximum absolute atomic E-state index is 11.4. The predicted molar refractivity (Wildman–Crippen MR) is 49.2 cm³/mol. The Balaban J connectivity index is 2.09. The van der Waals surface area contributed by atoms with Crippen LogP contribution in [0.15, 0.2) is 9.98 Å². The van der Waals surface area contributed by atoms with Crippen LogP contribution in [0.2, 0.25) is 0 Å². The number of hydrogen-bond donors (Lipinski definition) is 1. The van der Waals surface area contributed by atoms with Gasteiger partial charge in [0, 0.05) is 26.2 Å². The quantitative estimate of drug-likeness (QED) is 0.507. The number of nitrogens with one attached hydrogen (secondary N) is 1. The molecule has 2 aliphatic rings. The van der Waals surface area contributed by atoms with Gasteiger partial charge in [-0.25, -0.2) is 4.99 Å². The second-order valence-electron chi connectivity index (χ2n) is 3.01. The van der Waals surface area contributed by atoms with Gasteiger partial charge in [-0.15, -0.1) is 0 Å². The van der Waals surface area contributed by atoms with E-state index < -0.39 is 0 Å². The van der Waals surface area contributed by atoms with Crippen LogP contribution < -0.4 is 5.32 Å². The van der Waals surface area contributed by atoms with Crippen LogP contribution in [-0.4, -0.2) is 55.6 Å². The van der Waals surface area contributed by atoms with Crippen molar-refractivity contribution in [2.24, 2.45) is 9.98 Å². The van der Waals surface area contributed by atoms with Gasteiger partial charge in [0.25, 0.3) is 0 Å².